The zero-order valence-electron chi connectivity index (χ0n) is 21.7. The molecule has 7 nitrogen and oxygen atoms in total. The molecule has 1 fully saturated rings. The number of nitrogens with one attached hydrogen (secondary N) is 1. The third-order valence-electron chi connectivity index (χ3n) is 7.27. The van der Waals surface area contributed by atoms with Gasteiger partial charge in [0.05, 0.1) is 26.8 Å². The van der Waals surface area contributed by atoms with Gasteiger partial charge in [0.15, 0.2) is 19.7 Å². The van der Waals surface area contributed by atoms with E-state index < -0.39 is 48.2 Å². The van der Waals surface area contributed by atoms with Gasteiger partial charge < -0.3 is 5.11 Å². The normalized spacial score (nSPS) is 22.3. The molecule has 1 aliphatic heterocycles. The van der Waals surface area contributed by atoms with E-state index in [-0.39, 0.29) is 28.0 Å². The van der Waals surface area contributed by atoms with Crippen molar-refractivity contribution in [1.29, 1.82) is 0 Å². The van der Waals surface area contributed by atoms with E-state index in [2.05, 4.69) is 26.1 Å². The highest BCUT2D eigenvalue weighted by Crippen LogP contribution is 2.42. The molecule has 0 amide bonds. The van der Waals surface area contributed by atoms with E-state index in [0.29, 0.717) is 5.56 Å². The van der Waals surface area contributed by atoms with Gasteiger partial charge in [-0.05, 0) is 53.6 Å². The molecule has 0 aromatic heterocycles. The lowest BCUT2D eigenvalue weighted by Gasteiger charge is -2.26. The molecule has 0 saturated carbocycles. The summed E-state index contributed by atoms with van der Waals surface area (Å²) < 4.78 is 53.6. The second kappa shape index (κ2) is 10.3. The van der Waals surface area contributed by atoms with Crippen LogP contribution in [-0.2, 0) is 29.9 Å². The molecule has 1 heterocycles. The lowest BCUT2D eigenvalue weighted by molar-refractivity contribution is -0.144. The number of aliphatic carboxylic acids is 1. The van der Waals surface area contributed by atoms with Crippen molar-refractivity contribution in [3.63, 3.8) is 0 Å². The molecule has 0 radical (unpaired) electrons. The van der Waals surface area contributed by atoms with Crippen molar-refractivity contribution >= 4 is 25.6 Å². The summed E-state index contributed by atoms with van der Waals surface area (Å²) in [6.45, 7) is 6.21. The average Bonchev–Trinajstić information content (AvgIpc) is 3.31. The minimum atomic E-state index is -3.96. The van der Waals surface area contributed by atoms with Crippen molar-refractivity contribution in [2.24, 2.45) is 0 Å². The Balaban J connectivity index is 1.75. The maximum absolute atomic E-state index is 13.8. The van der Waals surface area contributed by atoms with Crippen LogP contribution in [0.15, 0.2) is 94.7 Å². The van der Waals surface area contributed by atoms with Gasteiger partial charge in [0.2, 0.25) is 0 Å². The second-order valence-corrected chi connectivity index (χ2v) is 15.1. The van der Waals surface area contributed by atoms with Crippen LogP contribution in [0.1, 0.15) is 50.8 Å². The number of carboxylic acid groups (broad SMARTS) is 1. The fourth-order valence-electron chi connectivity index (χ4n) is 4.96. The summed E-state index contributed by atoms with van der Waals surface area (Å²) in [5, 5.41) is 12.3. The first-order valence-electron chi connectivity index (χ1n) is 12.4. The summed E-state index contributed by atoms with van der Waals surface area (Å²) in [5.74, 6) is -1.72. The zero-order chi connectivity index (χ0) is 27.8. The van der Waals surface area contributed by atoms with E-state index in [1.165, 1.54) is 24.3 Å². The molecule has 0 bridgehead atoms. The van der Waals surface area contributed by atoms with E-state index in [9.17, 15) is 26.7 Å². The van der Waals surface area contributed by atoms with Gasteiger partial charge in [0.1, 0.15) is 5.54 Å². The number of carboxylic acids is 1. The predicted octanol–water partition coefficient (Wildman–Crippen LogP) is 4.55. The van der Waals surface area contributed by atoms with Crippen LogP contribution in [0.25, 0.3) is 0 Å². The molecule has 4 rings (SSSR count). The first kappa shape index (κ1) is 28.0. The number of carbonyl (C=O) groups is 1. The van der Waals surface area contributed by atoms with Crippen molar-refractivity contribution in [2.45, 2.75) is 65.6 Å². The molecular formula is C29H33NO6S2. The Morgan fingerprint density at radius 1 is 0.868 bits per heavy atom. The summed E-state index contributed by atoms with van der Waals surface area (Å²) in [4.78, 5) is 12.9. The molecule has 0 spiro atoms. The highest BCUT2D eigenvalue weighted by Gasteiger charge is 2.55. The Morgan fingerprint density at radius 2 is 1.39 bits per heavy atom. The molecule has 9 heteroatoms. The van der Waals surface area contributed by atoms with Gasteiger partial charge in [-0.3, -0.25) is 10.1 Å². The number of benzene rings is 3. The maximum atomic E-state index is 13.8. The minimum Gasteiger partial charge on any atom is -0.480 e. The minimum absolute atomic E-state index is 0.0983. The van der Waals surface area contributed by atoms with Gasteiger partial charge in [-0.15, -0.1) is 0 Å². The topological polar surface area (TPSA) is 118 Å². The zero-order valence-corrected chi connectivity index (χ0v) is 23.3. The number of sulfone groups is 2. The fraction of sp³-hybridized carbons (Fsp3) is 0.345. The first-order valence-corrected chi connectivity index (χ1v) is 15.6. The van der Waals surface area contributed by atoms with E-state index in [0.717, 1.165) is 5.56 Å². The lowest BCUT2D eigenvalue weighted by Crippen LogP contribution is -2.49. The van der Waals surface area contributed by atoms with Gasteiger partial charge in [0, 0.05) is 0 Å². The van der Waals surface area contributed by atoms with Crippen LogP contribution in [-0.4, -0.2) is 44.5 Å². The Bertz CT molecular complexity index is 1500. The molecule has 202 valence electrons. The SMILES string of the molecule is CC(C)(C)c1ccc(C2NC(CCS(=O)(=O)c3ccccc3)(C(=O)O)CC2S(=O)(=O)c2ccccc2)cc1. The quantitative estimate of drug-likeness (QED) is 0.419. The van der Waals surface area contributed by atoms with Crippen LogP contribution in [0.2, 0.25) is 0 Å². The Morgan fingerprint density at radius 3 is 1.89 bits per heavy atom. The molecule has 2 N–H and O–H groups in total. The molecule has 3 aromatic carbocycles. The standard InChI is InChI=1S/C29H33NO6S2/c1-28(2,3)22-16-14-21(15-17-22)26-25(38(35,36)24-12-8-5-9-13-24)20-29(30-26,27(31)32)18-19-37(33,34)23-10-6-4-7-11-23/h4-17,25-26,30H,18-20H2,1-3H3,(H,31,32). The van der Waals surface area contributed by atoms with Crippen molar-refractivity contribution in [3.8, 4) is 0 Å². The fourth-order valence-corrected chi connectivity index (χ4v) is 8.36. The molecule has 3 unspecified atom stereocenters. The number of hydrogen-bond acceptors (Lipinski definition) is 6. The summed E-state index contributed by atoms with van der Waals surface area (Å²) >= 11 is 0. The van der Waals surface area contributed by atoms with Gasteiger partial charge in [-0.1, -0.05) is 81.4 Å². The number of hydrogen-bond donors (Lipinski definition) is 2. The van der Waals surface area contributed by atoms with E-state index in [4.69, 9.17) is 0 Å². The molecule has 1 saturated heterocycles. The monoisotopic (exact) mass is 555 g/mol. The summed E-state index contributed by atoms with van der Waals surface area (Å²) in [6.07, 6.45) is -0.549. The van der Waals surface area contributed by atoms with Gasteiger partial charge in [-0.2, -0.15) is 0 Å². The van der Waals surface area contributed by atoms with Crippen molar-refractivity contribution < 1.29 is 26.7 Å². The average molecular weight is 556 g/mol. The van der Waals surface area contributed by atoms with Gasteiger partial charge in [-0.25, -0.2) is 16.8 Å². The molecule has 0 aliphatic carbocycles. The van der Waals surface area contributed by atoms with E-state index in [1.807, 2.05) is 24.3 Å². The third kappa shape index (κ3) is 5.55. The van der Waals surface area contributed by atoms with Crippen molar-refractivity contribution in [2.75, 3.05) is 5.75 Å². The van der Waals surface area contributed by atoms with Crippen LogP contribution in [0, 0.1) is 0 Å². The maximum Gasteiger partial charge on any atom is 0.323 e. The van der Waals surface area contributed by atoms with Gasteiger partial charge in [0.25, 0.3) is 0 Å². The van der Waals surface area contributed by atoms with Gasteiger partial charge >= 0.3 is 5.97 Å². The third-order valence-corrected chi connectivity index (χ3v) is 11.2. The van der Waals surface area contributed by atoms with Crippen LogP contribution in [0.5, 0.6) is 0 Å². The summed E-state index contributed by atoms with van der Waals surface area (Å²) in [6, 6.07) is 22.4. The van der Waals surface area contributed by atoms with Crippen molar-refractivity contribution in [3.05, 3.63) is 96.1 Å². The van der Waals surface area contributed by atoms with Crippen LogP contribution < -0.4 is 5.32 Å². The Hall–Kier alpha value is -3.01. The smallest absolute Gasteiger partial charge is 0.323 e. The highest BCUT2D eigenvalue weighted by atomic mass is 32.2. The molecule has 3 atom stereocenters. The largest absolute Gasteiger partial charge is 0.480 e. The highest BCUT2D eigenvalue weighted by molar-refractivity contribution is 7.92. The molecule has 1 aliphatic rings. The predicted molar refractivity (Wildman–Crippen MR) is 147 cm³/mol. The Kier molecular flexibility index (Phi) is 7.58. The Labute approximate surface area is 224 Å². The van der Waals surface area contributed by atoms with Crippen LogP contribution in [0.3, 0.4) is 0 Å². The molecule has 3 aromatic rings. The summed E-state index contributed by atoms with van der Waals surface area (Å²) in [7, 11) is -7.74. The van der Waals surface area contributed by atoms with E-state index in [1.54, 1.807) is 36.4 Å². The first-order chi connectivity index (χ1) is 17.8. The van der Waals surface area contributed by atoms with Crippen LogP contribution in [0.4, 0.5) is 0 Å². The molecular weight excluding hydrogens is 522 g/mol. The molecule has 38 heavy (non-hydrogen) atoms. The summed E-state index contributed by atoms with van der Waals surface area (Å²) in [5.41, 5.74) is -0.174. The van der Waals surface area contributed by atoms with E-state index >= 15 is 0 Å². The second-order valence-electron chi connectivity index (χ2n) is 10.9. The number of rotatable bonds is 8. The lowest BCUT2D eigenvalue weighted by atomic mass is 9.86. The van der Waals surface area contributed by atoms with Crippen LogP contribution >= 0.6 is 0 Å². The van der Waals surface area contributed by atoms with Crippen molar-refractivity contribution in [1.82, 2.24) is 5.32 Å².